The van der Waals surface area contributed by atoms with E-state index >= 15 is 0 Å². The lowest BCUT2D eigenvalue weighted by atomic mass is 9.76. The summed E-state index contributed by atoms with van der Waals surface area (Å²) in [6, 6.07) is 45.2. The molecule has 432 valence electrons. The molecule has 1 N–H and O–H groups in total. The minimum absolute atomic E-state index is 0.0869. The molecule has 1 heteroatoms. The molecule has 1 nitrogen and oxygen atoms in total. The zero-order chi connectivity index (χ0) is 61.4. The Balaban J connectivity index is 1.70. The lowest BCUT2D eigenvalue weighted by molar-refractivity contribution is 0.229. The number of aliphatic hydroxyl groups excluding tert-OH is 1. The average Bonchev–Trinajstić information content (AvgIpc) is 3.33. The number of aliphatic hydroxyl groups is 1. The van der Waals surface area contributed by atoms with Crippen molar-refractivity contribution in [1.29, 1.82) is 0 Å². The Kier molecular flexibility index (Phi) is 17.0. The molecule has 1 unspecified atom stereocenters. The molecule has 0 saturated carbocycles. The standard InChI is InChI=1S/C81H102O/c1-28-67-69(42-52(50-34-59(74(4,5)6)46-60(35-50)75(7,8)9)44-71(67)56-38-63(78(16,17)18)48-64(39-56)79(19,20)21)54-31-55(33-58(32-54)73(82)30-3)70-43-53(51-36-61(76(10,11)12)47-62(37-51)77(13,14)15)45-72(68(70)29-2)57-40-65(80(22,23)24)49-66(41-57)81(25,26)27/h28-49,73,82H,1-3H2,4-27H3. The summed E-state index contributed by atoms with van der Waals surface area (Å²) in [5.74, 6) is 0. The van der Waals surface area contributed by atoms with Gasteiger partial charge < -0.3 is 5.11 Å². The van der Waals surface area contributed by atoms with E-state index in [-0.39, 0.29) is 43.3 Å². The Morgan fingerprint density at radius 1 is 0.256 bits per heavy atom. The van der Waals surface area contributed by atoms with Crippen LogP contribution in [-0.2, 0) is 43.3 Å². The zero-order valence-electron chi connectivity index (χ0n) is 55.3. The molecule has 7 aromatic rings. The van der Waals surface area contributed by atoms with Gasteiger partial charge >= 0.3 is 0 Å². The van der Waals surface area contributed by atoms with Crippen molar-refractivity contribution in [3.05, 3.63) is 202 Å². The molecule has 0 fully saturated rings. The van der Waals surface area contributed by atoms with E-state index in [4.69, 9.17) is 0 Å². The van der Waals surface area contributed by atoms with Crippen molar-refractivity contribution in [2.75, 3.05) is 0 Å². The highest BCUT2D eigenvalue weighted by Crippen LogP contribution is 2.47. The number of hydrogen-bond acceptors (Lipinski definition) is 1. The fourth-order valence-electron chi connectivity index (χ4n) is 10.9. The predicted octanol–water partition coefficient (Wildman–Crippen LogP) is 23.6. The highest BCUT2D eigenvalue weighted by Gasteiger charge is 2.29. The van der Waals surface area contributed by atoms with Crippen LogP contribution in [0.4, 0.5) is 0 Å². The van der Waals surface area contributed by atoms with Gasteiger partial charge in [-0.2, -0.15) is 0 Å². The van der Waals surface area contributed by atoms with Crippen LogP contribution >= 0.6 is 0 Å². The van der Waals surface area contributed by atoms with E-state index in [1.807, 2.05) is 0 Å². The molecule has 0 saturated heterocycles. The molecule has 0 heterocycles. The van der Waals surface area contributed by atoms with Crippen molar-refractivity contribution in [2.45, 2.75) is 216 Å². The van der Waals surface area contributed by atoms with Gasteiger partial charge in [-0.1, -0.05) is 270 Å². The monoisotopic (exact) mass is 1090 g/mol. The highest BCUT2D eigenvalue weighted by atomic mass is 16.3. The third-order valence-corrected chi connectivity index (χ3v) is 16.9. The van der Waals surface area contributed by atoms with Gasteiger partial charge in [0, 0.05) is 0 Å². The quantitative estimate of drug-likeness (QED) is 0.135. The van der Waals surface area contributed by atoms with Gasteiger partial charge in [0.2, 0.25) is 0 Å². The van der Waals surface area contributed by atoms with Crippen molar-refractivity contribution < 1.29 is 5.11 Å². The van der Waals surface area contributed by atoms with Crippen LogP contribution in [0, 0.1) is 0 Å². The van der Waals surface area contributed by atoms with Gasteiger partial charge in [0.25, 0.3) is 0 Å². The van der Waals surface area contributed by atoms with Gasteiger partial charge in [0.1, 0.15) is 0 Å². The Labute approximate surface area is 499 Å². The maximum absolute atomic E-state index is 12.2. The van der Waals surface area contributed by atoms with Crippen LogP contribution in [0.15, 0.2) is 141 Å². The molecular weight excluding hydrogens is 989 g/mol. The first-order chi connectivity index (χ1) is 37.4. The average molecular weight is 1090 g/mol. The Morgan fingerprint density at radius 2 is 0.439 bits per heavy atom. The van der Waals surface area contributed by atoms with E-state index < -0.39 is 6.10 Å². The molecule has 0 radical (unpaired) electrons. The molecule has 0 amide bonds. The second-order valence-corrected chi connectivity index (χ2v) is 32.1. The molecule has 82 heavy (non-hydrogen) atoms. The van der Waals surface area contributed by atoms with Crippen LogP contribution < -0.4 is 0 Å². The molecule has 1 atom stereocenters. The summed E-state index contributed by atoms with van der Waals surface area (Å²) in [5, 5.41) is 12.2. The topological polar surface area (TPSA) is 20.2 Å². The van der Waals surface area contributed by atoms with Gasteiger partial charge in [-0.05, 0) is 214 Å². The highest BCUT2D eigenvalue weighted by molar-refractivity contribution is 5.95. The zero-order valence-corrected chi connectivity index (χ0v) is 55.3. The maximum atomic E-state index is 12.2. The SMILES string of the molecule is C=Cc1c(-c2cc(-c3cc(-c4cc(C(C)(C)C)cc(C(C)(C)C)c4)cc(-c4cc(C(C)(C)C)cc(C(C)(C)C)c4)c3C=C)cc(C(O)C=C)c2)cc(-c2cc(C(C)(C)C)cc(C(C)(C)C)c2)cc1-c1cc(C(C)(C)C)cc(C(C)(C)C)c1. The van der Waals surface area contributed by atoms with Crippen LogP contribution in [-0.4, -0.2) is 5.11 Å². The lowest BCUT2D eigenvalue weighted by Gasteiger charge is -2.28. The van der Waals surface area contributed by atoms with Gasteiger partial charge in [-0.25, -0.2) is 0 Å². The van der Waals surface area contributed by atoms with Crippen LogP contribution in [0.3, 0.4) is 0 Å². The van der Waals surface area contributed by atoms with Crippen LogP contribution in [0.25, 0.3) is 78.9 Å². The second kappa shape index (κ2) is 22.0. The Morgan fingerprint density at radius 3 is 0.622 bits per heavy atom. The van der Waals surface area contributed by atoms with Crippen LogP contribution in [0.5, 0.6) is 0 Å². The third kappa shape index (κ3) is 13.9. The lowest BCUT2D eigenvalue weighted by Crippen LogP contribution is -2.16. The smallest absolute Gasteiger partial charge is 0.0969 e. The molecule has 0 aliphatic carbocycles. The van der Waals surface area contributed by atoms with E-state index in [9.17, 15) is 5.11 Å². The van der Waals surface area contributed by atoms with Gasteiger partial charge in [0.15, 0.2) is 0 Å². The Bertz CT molecular complexity index is 3220. The Hall–Kier alpha value is -6.28. The second-order valence-electron chi connectivity index (χ2n) is 32.1. The normalized spacial score (nSPS) is 13.5. The first kappa shape index (κ1) is 63.3. The van der Waals surface area contributed by atoms with Crippen molar-refractivity contribution in [3.8, 4) is 66.8 Å². The summed E-state index contributed by atoms with van der Waals surface area (Å²) in [6.45, 7) is 68.9. The van der Waals surface area contributed by atoms with Crippen LogP contribution in [0.2, 0.25) is 0 Å². The first-order valence-electron chi connectivity index (χ1n) is 30.2. The van der Waals surface area contributed by atoms with Crippen molar-refractivity contribution in [3.63, 3.8) is 0 Å². The van der Waals surface area contributed by atoms with E-state index in [1.54, 1.807) is 6.08 Å². The number of hydrogen-bond donors (Lipinski definition) is 1. The fraction of sp³-hybridized carbons (Fsp3) is 0.407. The molecule has 0 aliphatic heterocycles. The summed E-state index contributed by atoms with van der Waals surface area (Å²) >= 11 is 0. The van der Waals surface area contributed by atoms with Gasteiger partial charge in [-0.3, -0.25) is 0 Å². The first-order valence-corrected chi connectivity index (χ1v) is 30.2. The fourth-order valence-corrected chi connectivity index (χ4v) is 10.9. The minimum Gasteiger partial charge on any atom is -0.384 e. The number of rotatable bonds is 10. The van der Waals surface area contributed by atoms with Gasteiger partial charge in [-0.15, -0.1) is 6.58 Å². The molecule has 0 aromatic heterocycles. The van der Waals surface area contributed by atoms with Crippen molar-refractivity contribution >= 4 is 12.2 Å². The van der Waals surface area contributed by atoms with Crippen LogP contribution in [0.1, 0.15) is 233 Å². The minimum atomic E-state index is -0.936. The molecule has 0 bridgehead atoms. The van der Waals surface area contributed by atoms with Gasteiger partial charge in [0.05, 0.1) is 6.10 Å². The van der Waals surface area contributed by atoms with Crippen molar-refractivity contribution in [2.24, 2.45) is 0 Å². The molecular formula is C81H102O. The number of benzene rings is 7. The maximum Gasteiger partial charge on any atom is 0.0969 e. The summed E-state index contributed by atoms with van der Waals surface area (Å²) in [7, 11) is 0. The van der Waals surface area contributed by atoms with E-state index in [0.29, 0.717) is 0 Å². The third-order valence-electron chi connectivity index (χ3n) is 16.9. The van der Waals surface area contributed by atoms with E-state index in [0.717, 1.165) is 72.3 Å². The van der Waals surface area contributed by atoms with E-state index in [2.05, 4.69) is 313 Å². The van der Waals surface area contributed by atoms with E-state index in [1.165, 1.54) is 55.6 Å². The molecule has 7 aromatic carbocycles. The largest absolute Gasteiger partial charge is 0.384 e. The molecule has 0 aliphatic rings. The molecule has 7 rings (SSSR count). The van der Waals surface area contributed by atoms with Crippen molar-refractivity contribution in [1.82, 2.24) is 0 Å². The summed E-state index contributed by atoms with van der Waals surface area (Å²) in [4.78, 5) is 0. The summed E-state index contributed by atoms with van der Waals surface area (Å²) in [6.07, 6.45) is 4.81. The summed E-state index contributed by atoms with van der Waals surface area (Å²) < 4.78 is 0. The predicted molar refractivity (Wildman–Crippen MR) is 364 cm³/mol. The molecule has 0 spiro atoms. The summed E-state index contributed by atoms with van der Waals surface area (Å²) in [5.41, 5.74) is 25.6.